The van der Waals surface area contributed by atoms with Crippen LogP contribution in [0.4, 0.5) is 0 Å². The Morgan fingerprint density at radius 2 is 2.08 bits per heavy atom. The van der Waals surface area contributed by atoms with E-state index in [1.807, 2.05) is 17.1 Å². The average Bonchev–Trinajstić information content (AvgIpc) is 3.28. The molecule has 8 heteroatoms. The van der Waals surface area contributed by atoms with Crippen LogP contribution in [0, 0.1) is 0 Å². The topological polar surface area (TPSA) is 85.6 Å². The minimum Gasteiger partial charge on any atom is -0.350 e. The first-order chi connectivity index (χ1) is 12.7. The molecule has 0 unspecified atom stereocenters. The molecule has 1 aliphatic rings. The zero-order valence-electron chi connectivity index (χ0n) is 14.6. The van der Waals surface area contributed by atoms with Crippen LogP contribution >= 0.6 is 11.3 Å². The molecule has 3 heterocycles. The second-order valence-corrected chi connectivity index (χ2v) is 7.18. The molecule has 4 rings (SSSR count). The highest BCUT2D eigenvalue weighted by atomic mass is 32.1. The molecule has 3 aromatic heterocycles. The molecule has 3 aromatic rings. The Kier molecular flexibility index (Phi) is 4.75. The molecular formula is C18H20N6OS. The van der Waals surface area contributed by atoms with E-state index in [9.17, 15) is 4.79 Å². The molecule has 0 spiro atoms. The lowest BCUT2D eigenvalue weighted by atomic mass is 9.95. The van der Waals surface area contributed by atoms with Gasteiger partial charge in [-0.1, -0.05) is 0 Å². The number of hydrogen-bond donors (Lipinski definition) is 1. The molecule has 0 aliphatic heterocycles. The van der Waals surface area contributed by atoms with E-state index < -0.39 is 0 Å². The van der Waals surface area contributed by atoms with E-state index in [2.05, 4.69) is 25.4 Å². The Morgan fingerprint density at radius 1 is 1.27 bits per heavy atom. The number of aromatic nitrogens is 5. The van der Waals surface area contributed by atoms with Gasteiger partial charge in [-0.25, -0.2) is 15.0 Å². The molecule has 0 bridgehead atoms. The summed E-state index contributed by atoms with van der Waals surface area (Å²) in [6, 6.07) is 1.78. The maximum atomic E-state index is 12.5. The number of aryl methyl sites for hydroxylation is 1. The first-order valence-corrected chi connectivity index (χ1v) is 9.65. The van der Waals surface area contributed by atoms with Gasteiger partial charge in [-0.15, -0.1) is 11.3 Å². The zero-order chi connectivity index (χ0) is 17.9. The Labute approximate surface area is 155 Å². The SMILES string of the molecule is Cn1nc(C(=O)NCCc2csc(-c3ncccn3)n2)c2c1CCCC2. The number of hydrogen-bond acceptors (Lipinski definition) is 6. The van der Waals surface area contributed by atoms with Gasteiger partial charge in [0.1, 0.15) is 0 Å². The number of carbonyl (C=O) groups excluding carboxylic acids is 1. The van der Waals surface area contributed by atoms with Crippen molar-refractivity contribution in [1.29, 1.82) is 0 Å². The highest BCUT2D eigenvalue weighted by molar-refractivity contribution is 7.13. The van der Waals surface area contributed by atoms with Crippen LogP contribution in [0.25, 0.3) is 10.8 Å². The van der Waals surface area contributed by atoms with Crippen molar-refractivity contribution in [3.05, 3.63) is 46.5 Å². The summed E-state index contributed by atoms with van der Waals surface area (Å²) in [5.74, 6) is 0.540. The van der Waals surface area contributed by atoms with Crippen LogP contribution in [0.2, 0.25) is 0 Å². The fourth-order valence-electron chi connectivity index (χ4n) is 3.28. The second kappa shape index (κ2) is 7.33. The van der Waals surface area contributed by atoms with Crippen molar-refractivity contribution < 1.29 is 4.79 Å². The maximum absolute atomic E-state index is 12.5. The molecule has 0 saturated carbocycles. The summed E-state index contributed by atoms with van der Waals surface area (Å²) >= 11 is 1.52. The Balaban J connectivity index is 1.37. The molecule has 0 radical (unpaired) electrons. The van der Waals surface area contributed by atoms with Crippen molar-refractivity contribution in [3.8, 4) is 10.8 Å². The van der Waals surface area contributed by atoms with Crippen molar-refractivity contribution >= 4 is 17.2 Å². The van der Waals surface area contributed by atoms with Crippen LogP contribution in [-0.2, 0) is 26.3 Å². The molecule has 1 aliphatic carbocycles. The average molecular weight is 368 g/mol. The number of amides is 1. The predicted octanol–water partition coefficient (Wildman–Crippen LogP) is 2.18. The van der Waals surface area contributed by atoms with E-state index in [-0.39, 0.29) is 5.91 Å². The van der Waals surface area contributed by atoms with Crippen LogP contribution in [0.3, 0.4) is 0 Å². The third kappa shape index (κ3) is 3.37. The van der Waals surface area contributed by atoms with E-state index in [1.165, 1.54) is 23.5 Å². The number of fused-ring (bicyclic) bond motifs is 1. The third-order valence-electron chi connectivity index (χ3n) is 4.56. The lowest BCUT2D eigenvalue weighted by Crippen LogP contribution is -2.27. The summed E-state index contributed by atoms with van der Waals surface area (Å²) in [7, 11) is 1.92. The fourth-order valence-corrected chi connectivity index (χ4v) is 4.08. The highest BCUT2D eigenvalue weighted by Gasteiger charge is 2.23. The van der Waals surface area contributed by atoms with Gasteiger partial charge < -0.3 is 5.32 Å². The Morgan fingerprint density at radius 3 is 2.92 bits per heavy atom. The number of carbonyl (C=O) groups is 1. The minimum atomic E-state index is -0.0920. The molecular weight excluding hydrogens is 348 g/mol. The molecule has 0 saturated heterocycles. The van der Waals surface area contributed by atoms with Crippen molar-refractivity contribution in [2.45, 2.75) is 32.1 Å². The van der Waals surface area contributed by atoms with Gasteiger partial charge in [-0.3, -0.25) is 9.48 Å². The summed E-state index contributed by atoms with van der Waals surface area (Å²) in [5.41, 5.74) is 3.83. The molecule has 1 N–H and O–H groups in total. The molecule has 1 amide bonds. The van der Waals surface area contributed by atoms with Crippen molar-refractivity contribution in [2.24, 2.45) is 7.05 Å². The molecule has 0 aromatic carbocycles. The van der Waals surface area contributed by atoms with Crippen LogP contribution < -0.4 is 5.32 Å². The van der Waals surface area contributed by atoms with Gasteiger partial charge in [-0.2, -0.15) is 5.10 Å². The van der Waals surface area contributed by atoms with Crippen molar-refractivity contribution in [3.63, 3.8) is 0 Å². The largest absolute Gasteiger partial charge is 0.350 e. The quantitative estimate of drug-likeness (QED) is 0.746. The first kappa shape index (κ1) is 16.8. The van der Waals surface area contributed by atoms with Gasteiger partial charge in [0.2, 0.25) is 0 Å². The van der Waals surface area contributed by atoms with Crippen LogP contribution in [0.1, 0.15) is 40.3 Å². The molecule has 7 nitrogen and oxygen atoms in total. The van der Waals surface area contributed by atoms with Crippen LogP contribution in [-0.4, -0.2) is 37.2 Å². The monoisotopic (exact) mass is 368 g/mol. The van der Waals surface area contributed by atoms with E-state index >= 15 is 0 Å². The van der Waals surface area contributed by atoms with Gasteiger partial charge >= 0.3 is 0 Å². The maximum Gasteiger partial charge on any atom is 0.272 e. The van der Waals surface area contributed by atoms with Gasteiger partial charge in [-0.05, 0) is 31.7 Å². The molecule has 26 heavy (non-hydrogen) atoms. The van der Waals surface area contributed by atoms with Crippen LogP contribution in [0.15, 0.2) is 23.8 Å². The summed E-state index contributed by atoms with van der Waals surface area (Å²) in [6.45, 7) is 0.531. The third-order valence-corrected chi connectivity index (χ3v) is 5.44. The number of thiazole rings is 1. The zero-order valence-corrected chi connectivity index (χ0v) is 15.4. The molecule has 134 valence electrons. The number of rotatable bonds is 5. The van der Waals surface area contributed by atoms with Gasteiger partial charge in [0.15, 0.2) is 16.5 Å². The lowest BCUT2D eigenvalue weighted by molar-refractivity contribution is 0.0947. The Hall–Kier alpha value is -2.61. The van der Waals surface area contributed by atoms with E-state index in [0.717, 1.165) is 35.5 Å². The summed E-state index contributed by atoms with van der Waals surface area (Å²) in [4.78, 5) is 25.5. The van der Waals surface area contributed by atoms with Gasteiger partial charge in [0, 0.05) is 49.0 Å². The van der Waals surface area contributed by atoms with Crippen molar-refractivity contribution in [1.82, 2.24) is 30.0 Å². The number of nitrogens with one attached hydrogen (secondary N) is 1. The first-order valence-electron chi connectivity index (χ1n) is 8.77. The summed E-state index contributed by atoms with van der Waals surface area (Å²) < 4.78 is 1.86. The standard InChI is InChI=1S/C18H20N6OS/c1-24-14-6-3-2-5-13(14)15(23-24)17(25)21-10-7-12-11-26-18(22-12)16-19-8-4-9-20-16/h4,8-9,11H,2-3,5-7,10H2,1H3,(H,21,25). The predicted molar refractivity (Wildman–Crippen MR) is 99.0 cm³/mol. The Bertz CT molecular complexity index is 917. The molecule has 0 atom stereocenters. The van der Waals surface area contributed by atoms with E-state index in [0.29, 0.717) is 24.5 Å². The fraction of sp³-hybridized carbons (Fsp3) is 0.389. The molecule has 0 fully saturated rings. The van der Waals surface area contributed by atoms with E-state index in [1.54, 1.807) is 18.5 Å². The summed E-state index contributed by atoms with van der Waals surface area (Å²) in [5, 5.41) is 10.2. The van der Waals surface area contributed by atoms with Crippen LogP contribution in [0.5, 0.6) is 0 Å². The lowest BCUT2D eigenvalue weighted by Gasteiger charge is -2.12. The smallest absolute Gasteiger partial charge is 0.272 e. The van der Waals surface area contributed by atoms with E-state index in [4.69, 9.17) is 0 Å². The van der Waals surface area contributed by atoms with Crippen molar-refractivity contribution in [2.75, 3.05) is 6.54 Å². The van der Waals surface area contributed by atoms with Gasteiger partial charge in [0.05, 0.1) is 5.69 Å². The highest BCUT2D eigenvalue weighted by Crippen LogP contribution is 2.24. The second-order valence-electron chi connectivity index (χ2n) is 6.33. The number of nitrogens with zero attached hydrogens (tertiary/aromatic N) is 5. The van der Waals surface area contributed by atoms with Gasteiger partial charge in [0.25, 0.3) is 5.91 Å². The normalized spacial score (nSPS) is 13.4. The minimum absolute atomic E-state index is 0.0920. The summed E-state index contributed by atoms with van der Waals surface area (Å²) in [6.07, 6.45) is 8.33.